The third kappa shape index (κ3) is 6.12. The summed E-state index contributed by atoms with van der Waals surface area (Å²) in [5.74, 6) is -0.942. The van der Waals surface area contributed by atoms with Gasteiger partial charge < -0.3 is 24.8 Å². The lowest BCUT2D eigenvalue weighted by molar-refractivity contribution is -0.138. The summed E-state index contributed by atoms with van der Waals surface area (Å²) in [5, 5.41) is 2.57. The molecule has 5 rings (SSSR count). The minimum absolute atomic E-state index is 0.0907. The first kappa shape index (κ1) is 29.5. The molecular weight excluding hydrogens is 556 g/mol. The van der Waals surface area contributed by atoms with E-state index >= 15 is 4.39 Å². The average Bonchev–Trinajstić information content (AvgIpc) is 2.96. The number of pyridine rings is 2. The van der Waals surface area contributed by atoms with Crippen LogP contribution in [0.4, 0.5) is 34.8 Å². The monoisotopic (exact) mass is 588 g/mol. The van der Waals surface area contributed by atoms with E-state index in [0.717, 1.165) is 6.20 Å². The number of aromatic nitrogens is 2. The van der Waals surface area contributed by atoms with E-state index in [1.54, 1.807) is 12.1 Å². The van der Waals surface area contributed by atoms with Gasteiger partial charge in [-0.1, -0.05) is 0 Å². The zero-order valence-electron chi connectivity index (χ0n) is 23.5. The number of halogens is 4. The van der Waals surface area contributed by atoms with E-state index in [4.69, 9.17) is 4.74 Å². The van der Waals surface area contributed by atoms with Crippen molar-refractivity contribution in [1.29, 1.82) is 0 Å². The number of nitrogens with zero attached hydrogens (tertiary/aromatic N) is 4. The zero-order valence-corrected chi connectivity index (χ0v) is 23.5. The third-order valence-corrected chi connectivity index (χ3v) is 7.90. The molecule has 2 atom stereocenters. The van der Waals surface area contributed by atoms with Crippen LogP contribution in [-0.4, -0.2) is 79.3 Å². The van der Waals surface area contributed by atoms with Crippen molar-refractivity contribution in [3.63, 3.8) is 0 Å². The van der Waals surface area contributed by atoms with Crippen LogP contribution >= 0.6 is 0 Å². The molecule has 2 aliphatic rings. The van der Waals surface area contributed by atoms with Crippen LogP contribution in [0.25, 0.3) is 11.1 Å². The fourth-order valence-electron chi connectivity index (χ4n) is 5.36. The van der Waals surface area contributed by atoms with Gasteiger partial charge in [-0.3, -0.25) is 14.5 Å². The number of aromatic amines is 1. The Hall–Kier alpha value is -3.97. The lowest BCUT2D eigenvalue weighted by Gasteiger charge is -2.44. The molecule has 13 heteroatoms. The minimum atomic E-state index is -4.94. The molecule has 0 spiro atoms. The highest BCUT2D eigenvalue weighted by molar-refractivity contribution is 6.07. The van der Waals surface area contributed by atoms with E-state index < -0.39 is 34.6 Å². The zero-order chi connectivity index (χ0) is 30.2. The molecule has 224 valence electrons. The Labute approximate surface area is 240 Å². The standard InChI is InChI=1S/C29H32F4N6O3/c1-17-15-39(16-18(2)37(17)3)25-12-23(30)20(19-4-5-26(34-13-19)38-6-8-42-9-7-38)10-24(25)36-28(41)21-14-35-27(40)11-22(21)29(31,32)33/h4-5,10-14,17-18H,6-9,15-16H2,1-3H3,(H,35,40)(H,36,41)/t17-,18+. The predicted molar refractivity (Wildman–Crippen MR) is 152 cm³/mol. The minimum Gasteiger partial charge on any atom is -0.378 e. The van der Waals surface area contributed by atoms with Crippen LogP contribution in [0.5, 0.6) is 0 Å². The first-order chi connectivity index (χ1) is 19.9. The first-order valence-electron chi connectivity index (χ1n) is 13.6. The molecule has 0 unspecified atom stereocenters. The van der Waals surface area contributed by atoms with Gasteiger partial charge in [0.2, 0.25) is 5.56 Å². The second-order valence-corrected chi connectivity index (χ2v) is 10.7. The Morgan fingerprint density at radius 2 is 1.76 bits per heavy atom. The van der Waals surface area contributed by atoms with E-state index in [-0.39, 0.29) is 23.3 Å². The van der Waals surface area contributed by atoms with E-state index in [1.807, 2.05) is 25.8 Å². The number of carbonyl (C=O) groups is 1. The van der Waals surface area contributed by atoms with Crippen molar-refractivity contribution < 1.29 is 27.1 Å². The number of hydrogen-bond donors (Lipinski definition) is 2. The lowest BCUT2D eigenvalue weighted by atomic mass is 10.0. The fraction of sp³-hybridized carbons (Fsp3) is 0.414. The number of alkyl halides is 3. The van der Waals surface area contributed by atoms with Crippen LogP contribution in [0, 0.1) is 5.82 Å². The molecule has 2 aliphatic heterocycles. The van der Waals surface area contributed by atoms with Gasteiger partial charge in [0.25, 0.3) is 5.91 Å². The molecule has 0 bridgehead atoms. The Kier molecular flexibility index (Phi) is 8.24. The maximum absolute atomic E-state index is 15.7. The number of carbonyl (C=O) groups excluding carboxylic acids is 1. The summed E-state index contributed by atoms with van der Waals surface area (Å²) < 4.78 is 62.2. The van der Waals surface area contributed by atoms with Crippen molar-refractivity contribution in [2.24, 2.45) is 0 Å². The Morgan fingerprint density at radius 1 is 1.07 bits per heavy atom. The van der Waals surface area contributed by atoms with E-state index in [1.165, 1.54) is 18.3 Å². The molecular formula is C29H32F4N6O3. The lowest BCUT2D eigenvalue weighted by Crippen LogP contribution is -2.55. The molecule has 42 heavy (non-hydrogen) atoms. The van der Waals surface area contributed by atoms with Crippen LogP contribution in [0.2, 0.25) is 0 Å². The van der Waals surface area contributed by atoms with Crippen molar-refractivity contribution in [3.05, 3.63) is 70.0 Å². The van der Waals surface area contributed by atoms with Crippen molar-refractivity contribution in [3.8, 4) is 11.1 Å². The fourth-order valence-corrected chi connectivity index (χ4v) is 5.36. The number of morpholine rings is 1. The second-order valence-electron chi connectivity index (χ2n) is 10.7. The number of nitrogens with one attached hydrogen (secondary N) is 2. The quantitative estimate of drug-likeness (QED) is 0.432. The van der Waals surface area contributed by atoms with Crippen molar-refractivity contribution in [2.45, 2.75) is 32.1 Å². The summed E-state index contributed by atoms with van der Waals surface area (Å²) >= 11 is 0. The van der Waals surface area contributed by atoms with Gasteiger partial charge in [-0.2, -0.15) is 13.2 Å². The maximum Gasteiger partial charge on any atom is 0.417 e. The third-order valence-electron chi connectivity index (χ3n) is 7.90. The van der Waals surface area contributed by atoms with Crippen molar-refractivity contribution in [1.82, 2.24) is 14.9 Å². The first-order valence-corrected chi connectivity index (χ1v) is 13.6. The largest absolute Gasteiger partial charge is 0.417 e. The molecule has 9 nitrogen and oxygen atoms in total. The SMILES string of the molecule is C[C@@H]1CN(c2cc(F)c(-c3ccc(N4CCOCC4)nc3)cc2NC(=O)c2c[nH]c(=O)cc2C(F)(F)F)C[C@H](C)N1C. The molecule has 2 N–H and O–H groups in total. The number of hydrogen-bond acceptors (Lipinski definition) is 7. The number of benzene rings is 1. The molecule has 0 radical (unpaired) electrons. The number of likely N-dealkylation sites (N-methyl/N-ethyl adjacent to an activating group) is 1. The van der Waals surface area contributed by atoms with Crippen LogP contribution in [0.1, 0.15) is 29.8 Å². The summed E-state index contributed by atoms with van der Waals surface area (Å²) in [6.45, 7) is 7.56. The van der Waals surface area contributed by atoms with Gasteiger partial charge >= 0.3 is 6.18 Å². The molecule has 1 amide bonds. The predicted octanol–water partition coefficient (Wildman–Crippen LogP) is 4.21. The highest BCUT2D eigenvalue weighted by Crippen LogP contribution is 2.37. The molecule has 2 aromatic heterocycles. The number of ether oxygens (including phenoxy) is 1. The molecule has 4 heterocycles. The number of piperazine rings is 1. The Morgan fingerprint density at radius 3 is 2.38 bits per heavy atom. The number of anilines is 3. The van der Waals surface area contributed by atoms with Gasteiger partial charge in [0, 0.05) is 67.8 Å². The van der Waals surface area contributed by atoms with E-state index in [0.29, 0.717) is 62.5 Å². The molecule has 0 aliphatic carbocycles. The molecule has 1 aromatic carbocycles. The normalized spacial score (nSPS) is 20.1. The molecule has 0 saturated carbocycles. The smallest absolute Gasteiger partial charge is 0.378 e. The topological polar surface area (TPSA) is 93.8 Å². The highest BCUT2D eigenvalue weighted by Gasteiger charge is 2.36. The summed E-state index contributed by atoms with van der Waals surface area (Å²) in [4.78, 5) is 37.7. The van der Waals surface area contributed by atoms with Gasteiger partial charge in [0.15, 0.2) is 0 Å². The summed E-state index contributed by atoms with van der Waals surface area (Å²) in [5.41, 5.74) is -2.07. The number of H-pyrrole nitrogens is 1. The highest BCUT2D eigenvalue weighted by atomic mass is 19.4. The Balaban J connectivity index is 1.54. The maximum atomic E-state index is 15.7. The second kappa shape index (κ2) is 11.7. The summed E-state index contributed by atoms with van der Waals surface area (Å²) in [7, 11) is 1.99. The van der Waals surface area contributed by atoms with Crippen LogP contribution in [0.3, 0.4) is 0 Å². The summed E-state index contributed by atoms with van der Waals surface area (Å²) in [6, 6.07) is 6.72. The Bertz CT molecular complexity index is 1490. The molecule has 2 saturated heterocycles. The van der Waals surface area contributed by atoms with Crippen molar-refractivity contribution >= 4 is 23.1 Å². The van der Waals surface area contributed by atoms with Crippen LogP contribution < -0.4 is 20.7 Å². The van der Waals surface area contributed by atoms with Gasteiger partial charge in [-0.05, 0) is 45.2 Å². The summed E-state index contributed by atoms with van der Waals surface area (Å²) in [6.07, 6.45) is -2.68. The van der Waals surface area contributed by atoms with Crippen LogP contribution in [0.15, 0.2) is 47.5 Å². The van der Waals surface area contributed by atoms with Gasteiger partial charge in [-0.15, -0.1) is 0 Å². The van der Waals surface area contributed by atoms with Gasteiger partial charge in [-0.25, -0.2) is 9.37 Å². The molecule has 3 aromatic rings. The van der Waals surface area contributed by atoms with E-state index in [2.05, 4.69) is 25.1 Å². The van der Waals surface area contributed by atoms with Gasteiger partial charge in [0.1, 0.15) is 11.6 Å². The van der Waals surface area contributed by atoms with Gasteiger partial charge in [0.05, 0.1) is 35.7 Å². The number of amides is 1. The van der Waals surface area contributed by atoms with E-state index in [9.17, 15) is 22.8 Å². The van der Waals surface area contributed by atoms with Crippen LogP contribution in [-0.2, 0) is 10.9 Å². The average molecular weight is 589 g/mol. The van der Waals surface area contributed by atoms with Crippen molar-refractivity contribution in [2.75, 3.05) is 61.6 Å². The molecule has 2 fully saturated rings. The number of rotatable bonds is 5.